The van der Waals surface area contributed by atoms with Crippen LogP contribution in [0.4, 0.5) is 0 Å². The van der Waals surface area contributed by atoms with Gasteiger partial charge in [0.2, 0.25) is 0 Å². The lowest BCUT2D eigenvalue weighted by molar-refractivity contribution is 0.0698. The number of aromatic nitrogens is 1. The minimum absolute atomic E-state index is 0. The Morgan fingerprint density at radius 1 is 1.29 bits per heavy atom. The van der Waals surface area contributed by atoms with Crippen LogP contribution in [0.1, 0.15) is 39.9 Å². The Morgan fingerprint density at radius 2 is 2.00 bits per heavy atom. The van der Waals surface area contributed by atoms with Crippen LogP contribution in [0, 0.1) is 13.8 Å². The van der Waals surface area contributed by atoms with E-state index in [1.807, 2.05) is 50.1 Å². The molecule has 1 aromatic heterocycles. The van der Waals surface area contributed by atoms with Crippen molar-refractivity contribution in [3.63, 3.8) is 0 Å². The molecule has 1 N–H and O–H groups in total. The van der Waals surface area contributed by atoms with Crippen LogP contribution in [0.3, 0.4) is 0 Å². The van der Waals surface area contributed by atoms with Gasteiger partial charge in [-0.05, 0) is 63.1 Å². The Balaban J connectivity index is 0.00000196. The molecule has 1 aliphatic heterocycles. The summed E-state index contributed by atoms with van der Waals surface area (Å²) in [5.74, 6) is 0.951. The minimum Gasteiger partial charge on any atom is -0.488 e. The highest BCUT2D eigenvalue weighted by Gasteiger charge is 2.24. The van der Waals surface area contributed by atoms with E-state index in [0.29, 0.717) is 12.6 Å². The van der Waals surface area contributed by atoms with Gasteiger partial charge >= 0.3 is 0 Å². The second-order valence-corrected chi connectivity index (χ2v) is 6.97. The topological polar surface area (TPSA) is 54.5 Å². The molecule has 28 heavy (non-hydrogen) atoms. The van der Waals surface area contributed by atoms with Crippen molar-refractivity contribution in [1.82, 2.24) is 15.2 Å². The number of hydrogen-bond acceptors (Lipinski definition) is 4. The molecule has 2 aromatic rings. The zero-order chi connectivity index (χ0) is 18.5. The number of pyridine rings is 1. The fraction of sp³-hybridized carbons (Fsp3) is 0.429. The number of benzene rings is 1. The van der Waals surface area contributed by atoms with Gasteiger partial charge in [0.25, 0.3) is 5.91 Å². The van der Waals surface area contributed by atoms with E-state index in [1.165, 1.54) is 0 Å². The van der Waals surface area contributed by atoms with Crippen LogP contribution < -0.4 is 10.1 Å². The Morgan fingerprint density at radius 3 is 2.61 bits per heavy atom. The number of nitrogens with zero attached hydrogens (tertiary/aromatic N) is 2. The number of hydrogen-bond donors (Lipinski definition) is 1. The lowest BCUT2D eigenvalue weighted by atomic mass is 10.0. The maximum absolute atomic E-state index is 12.9. The van der Waals surface area contributed by atoms with Gasteiger partial charge in [-0.3, -0.25) is 9.78 Å². The molecule has 1 atom stereocenters. The summed E-state index contributed by atoms with van der Waals surface area (Å²) in [5, 5.41) is 3.29. The number of piperidine rings is 1. The van der Waals surface area contributed by atoms with Crippen molar-refractivity contribution in [3.05, 3.63) is 58.9 Å². The van der Waals surface area contributed by atoms with Crippen LogP contribution in [0.5, 0.6) is 5.75 Å². The Kier molecular flexibility index (Phi) is 9.73. The summed E-state index contributed by atoms with van der Waals surface area (Å²) in [6.45, 7) is 6.06. The number of carbonyl (C=O) groups excluding carboxylic acids is 1. The largest absolute Gasteiger partial charge is 0.488 e. The molecule has 0 saturated carbocycles. The summed E-state index contributed by atoms with van der Waals surface area (Å²) < 4.78 is 5.99. The van der Waals surface area contributed by atoms with Gasteiger partial charge in [-0.25, -0.2) is 0 Å². The summed E-state index contributed by atoms with van der Waals surface area (Å²) in [6.07, 6.45) is 5.72. The molecule has 0 radical (unpaired) electrons. The van der Waals surface area contributed by atoms with Gasteiger partial charge in [-0.2, -0.15) is 0 Å². The van der Waals surface area contributed by atoms with E-state index in [9.17, 15) is 4.79 Å². The van der Waals surface area contributed by atoms with E-state index in [4.69, 9.17) is 4.74 Å². The van der Waals surface area contributed by atoms with Gasteiger partial charge in [-0.1, -0.05) is 6.07 Å². The molecule has 2 heterocycles. The molecule has 1 unspecified atom stereocenters. The molecular weight excluding hydrogens is 397 g/mol. The first-order valence-electron chi connectivity index (χ1n) is 9.18. The van der Waals surface area contributed by atoms with E-state index < -0.39 is 0 Å². The molecule has 1 aromatic carbocycles. The van der Waals surface area contributed by atoms with Crippen LogP contribution in [-0.4, -0.2) is 42.0 Å². The molecular formula is C21H29Cl2N3O2. The third-order valence-electron chi connectivity index (χ3n) is 4.93. The highest BCUT2D eigenvalue weighted by atomic mass is 35.5. The first-order valence-corrected chi connectivity index (χ1v) is 9.18. The van der Waals surface area contributed by atoms with E-state index in [-0.39, 0.29) is 30.7 Å². The van der Waals surface area contributed by atoms with Crippen molar-refractivity contribution in [2.45, 2.75) is 39.3 Å². The normalized spacial score (nSPS) is 16.0. The predicted octanol–water partition coefficient (Wildman–Crippen LogP) is 3.95. The summed E-state index contributed by atoms with van der Waals surface area (Å²) >= 11 is 0. The lowest BCUT2D eigenvalue weighted by Gasteiger charge is -2.32. The van der Waals surface area contributed by atoms with Crippen molar-refractivity contribution < 1.29 is 9.53 Å². The average molecular weight is 426 g/mol. The maximum Gasteiger partial charge on any atom is 0.253 e. The molecule has 1 amide bonds. The zero-order valence-electron chi connectivity index (χ0n) is 16.6. The first-order chi connectivity index (χ1) is 12.6. The lowest BCUT2D eigenvalue weighted by Crippen LogP contribution is -2.47. The number of nitrogens with one attached hydrogen (secondary N) is 1. The fourth-order valence-corrected chi connectivity index (χ4v) is 3.52. The fourth-order valence-electron chi connectivity index (χ4n) is 3.52. The van der Waals surface area contributed by atoms with Gasteiger partial charge in [0.05, 0.1) is 0 Å². The molecule has 7 heteroatoms. The molecule has 3 rings (SSSR count). The first kappa shape index (κ1) is 24.2. The predicted molar refractivity (Wildman–Crippen MR) is 117 cm³/mol. The summed E-state index contributed by atoms with van der Waals surface area (Å²) in [4.78, 5) is 19.0. The Hall–Kier alpha value is -1.82. The number of amides is 1. The molecule has 0 bridgehead atoms. The summed E-state index contributed by atoms with van der Waals surface area (Å²) in [6, 6.07) is 8.16. The quantitative estimate of drug-likeness (QED) is 0.787. The van der Waals surface area contributed by atoms with Crippen LogP contribution >= 0.6 is 24.8 Å². The number of aryl methyl sites for hydroxylation is 2. The second kappa shape index (κ2) is 11.2. The van der Waals surface area contributed by atoms with Crippen molar-refractivity contribution in [3.8, 4) is 5.75 Å². The maximum atomic E-state index is 12.9. The van der Waals surface area contributed by atoms with Crippen LogP contribution in [-0.2, 0) is 6.61 Å². The van der Waals surface area contributed by atoms with E-state index >= 15 is 0 Å². The SMILES string of the molecule is CNC1CCCN(C(=O)c2cc(C)c(OCc3cccnc3)c(C)c2)C1.Cl.Cl. The minimum atomic E-state index is 0. The third-order valence-corrected chi connectivity index (χ3v) is 4.93. The monoisotopic (exact) mass is 425 g/mol. The number of likely N-dealkylation sites (N-methyl/N-ethyl adjacent to an activating group) is 1. The summed E-state index contributed by atoms with van der Waals surface area (Å²) in [5.41, 5.74) is 3.74. The number of rotatable bonds is 5. The number of likely N-dealkylation sites (tertiary alicyclic amines) is 1. The van der Waals surface area contributed by atoms with Gasteiger partial charge in [0, 0.05) is 42.7 Å². The molecule has 1 saturated heterocycles. The van der Waals surface area contributed by atoms with Crippen molar-refractivity contribution in [2.24, 2.45) is 0 Å². The number of carbonyl (C=O) groups is 1. The summed E-state index contributed by atoms with van der Waals surface area (Å²) in [7, 11) is 1.96. The Bertz CT molecular complexity index is 748. The number of ether oxygens (including phenoxy) is 1. The molecule has 0 aliphatic carbocycles. The van der Waals surface area contributed by atoms with Gasteiger partial charge in [0.1, 0.15) is 12.4 Å². The highest BCUT2D eigenvalue weighted by Crippen LogP contribution is 2.27. The molecule has 0 spiro atoms. The van der Waals surface area contributed by atoms with Crippen LogP contribution in [0.15, 0.2) is 36.7 Å². The van der Waals surface area contributed by atoms with Crippen molar-refractivity contribution in [1.29, 1.82) is 0 Å². The molecule has 5 nitrogen and oxygen atoms in total. The number of halogens is 2. The van der Waals surface area contributed by atoms with E-state index in [0.717, 1.165) is 53.9 Å². The van der Waals surface area contributed by atoms with Crippen molar-refractivity contribution in [2.75, 3.05) is 20.1 Å². The van der Waals surface area contributed by atoms with Crippen LogP contribution in [0.2, 0.25) is 0 Å². The second-order valence-electron chi connectivity index (χ2n) is 6.97. The zero-order valence-corrected chi connectivity index (χ0v) is 18.2. The molecule has 1 fully saturated rings. The van der Waals surface area contributed by atoms with Gasteiger partial charge in [0.15, 0.2) is 0 Å². The molecule has 1 aliphatic rings. The van der Waals surface area contributed by atoms with Crippen molar-refractivity contribution >= 4 is 30.7 Å². The standard InChI is InChI=1S/C21H27N3O2.2ClH/c1-15-10-18(21(25)24-9-5-7-19(13-24)22-3)11-16(2)20(15)26-14-17-6-4-8-23-12-17;;/h4,6,8,10-12,19,22H,5,7,9,13-14H2,1-3H3;2*1H. The molecule has 154 valence electrons. The Labute approximate surface area is 179 Å². The van der Waals surface area contributed by atoms with Gasteiger partial charge < -0.3 is 15.0 Å². The third kappa shape index (κ3) is 5.84. The smallest absolute Gasteiger partial charge is 0.253 e. The van der Waals surface area contributed by atoms with Gasteiger partial charge in [-0.15, -0.1) is 24.8 Å². The average Bonchev–Trinajstić information content (AvgIpc) is 2.67. The van der Waals surface area contributed by atoms with E-state index in [1.54, 1.807) is 12.4 Å². The van der Waals surface area contributed by atoms with Crippen LogP contribution in [0.25, 0.3) is 0 Å². The van der Waals surface area contributed by atoms with E-state index in [2.05, 4.69) is 10.3 Å². The highest BCUT2D eigenvalue weighted by molar-refractivity contribution is 5.95.